The highest BCUT2D eigenvalue weighted by Crippen LogP contribution is 2.34. The fourth-order valence-corrected chi connectivity index (χ4v) is 4.41. The van der Waals surface area contributed by atoms with Crippen LogP contribution in [0, 0.1) is 0 Å². The first-order chi connectivity index (χ1) is 17.2. The molecule has 0 spiro atoms. The summed E-state index contributed by atoms with van der Waals surface area (Å²) in [5.41, 5.74) is 2.50. The Hall–Kier alpha value is -3.06. The van der Waals surface area contributed by atoms with Crippen LogP contribution in [0.15, 0.2) is 42.5 Å². The second kappa shape index (κ2) is 12.8. The lowest BCUT2D eigenvalue weighted by Gasteiger charge is -2.36. The van der Waals surface area contributed by atoms with Gasteiger partial charge in [-0.15, -0.1) is 0 Å². The van der Waals surface area contributed by atoms with E-state index in [1.165, 1.54) is 6.92 Å². The number of nitrogens with zero attached hydrogens (tertiary/aromatic N) is 2. The van der Waals surface area contributed by atoms with Gasteiger partial charge in [0.1, 0.15) is 11.5 Å². The van der Waals surface area contributed by atoms with Crippen molar-refractivity contribution in [3.05, 3.63) is 53.6 Å². The van der Waals surface area contributed by atoms with Crippen molar-refractivity contribution in [3.63, 3.8) is 0 Å². The normalized spacial score (nSPS) is 14.4. The maximum absolute atomic E-state index is 12.3. The lowest BCUT2D eigenvalue weighted by Crippen LogP contribution is -2.47. The maximum atomic E-state index is 12.3. The summed E-state index contributed by atoms with van der Waals surface area (Å²) < 4.78 is 16.6. The maximum Gasteiger partial charge on any atom is 0.340 e. The topological polar surface area (TPSA) is 68.3 Å². The van der Waals surface area contributed by atoms with Crippen molar-refractivity contribution in [2.24, 2.45) is 0 Å². The number of unbranched alkanes of at least 4 members (excludes halogenated alkanes) is 1. The molecule has 0 amide bonds. The van der Waals surface area contributed by atoms with Crippen LogP contribution in [0.5, 0.6) is 11.5 Å². The van der Waals surface area contributed by atoms with E-state index in [1.807, 2.05) is 43.3 Å². The minimum Gasteiger partial charge on any atom is -0.493 e. The summed E-state index contributed by atoms with van der Waals surface area (Å²) in [4.78, 5) is 28.4. The molecule has 0 bridgehead atoms. The Morgan fingerprint density at radius 3 is 2.36 bits per heavy atom. The Morgan fingerprint density at radius 1 is 0.972 bits per heavy atom. The third-order valence-corrected chi connectivity index (χ3v) is 6.26. The Kier molecular flexibility index (Phi) is 9.76. The number of piperazine rings is 1. The van der Waals surface area contributed by atoms with Gasteiger partial charge in [-0.25, -0.2) is 4.79 Å². The van der Waals surface area contributed by atoms with Crippen LogP contribution in [0.3, 0.4) is 0 Å². The molecule has 0 unspecified atom stereocenters. The van der Waals surface area contributed by atoms with Crippen molar-refractivity contribution in [1.82, 2.24) is 4.90 Å². The van der Waals surface area contributed by atoms with Crippen LogP contribution < -0.4 is 14.4 Å². The van der Waals surface area contributed by atoms with E-state index in [1.54, 1.807) is 6.07 Å². The monoisotopic (exact) mass is 496 g/mol. The molecule has 1 saturated heterocycles. The van der Waals surface area contributed by atoms with Gasteiger partial charge in [-0.1, -0.05) is 32.9 Å². The molecule has 1 aliphatic rings. The molecular formula is C29H40N2O5. The number of esters is 2. The Morgan fingerprint density at radius 2 is 1.69 bits per heavy atom. The lowest BCUT2D eigenvalue weighted by atomic mass is 9.86. The van der Waals surface area contributed by atoms with E-state index >= 15 is 0 Å². The quantitative estimate of drug-likeness (QED) is 0.258. The zero-order valence-corrected chi connectivity index (χ0v) is 22.3. The number of para-hydroxylation sites is 1. The van der Waals surface area contributed by atoms with Gasteiger partial charge in [0.05, 0.1) is 24.5 Å². The summed E-state index contributed by atoms with van der Waals surface area (Å²) in [6.07, 6.45) is 2.01. The van der Waals surface area contributed by atoms with Crippen molar-refractivity contribution in [3.8, 4) is 11.5 Å². The minimum absolute atomic E-state index is 0.128. The second-order valence-electron chi connectivity index (χ2n) is 10.1. The summed E-state index contributed by atoms with van der Waals surface area (Å²) in [7, 11) is 0. The number of carbonyl (C=O) groups is 2. The van der Waals surface area contributed by atoms with Crippen molar-refractivity contribution in [1.29, 1.82) is 0 Å². The zero-order chi connectivity index (χ0) is 26.1. The van der Waals surface area contributed by atoms with Gasteiger partial charge in [0.2, 0.25) is 0 Å². The average molecular weight is 497 g/mol. The minimum atomic E-state index is -0.326. The molecule has 1 heterocycles. The molecule has 0 aliphatic carbocycles. The first-order valence-corrected chi connectivity index (χ1v) is 12.9. The molecule has 0 saturated carbocycles. The van der Waals surface area contributed by atoms with Crippen LogP contribution in [0.4, 0.5) is 5.69 Å². The number of ether oxygens (including phenoxy) is 3. The predicted molar refractivity (Wildman–Crippen MR) is 142 cm³/mol. The van der Waals surface area contributed by atoms with Gasteiger partial charge < -0.3 is 19.1 Å². The summed E-state index contributed by atoms with van der Waals surface area (Å²) in [5, 5.41) is 0. The van der Waals surface area contributed by atoms with Gasteiger partial charge in [0.25, 0.3) is 0 Å². The molecular weight excluding hydrogens is 456 g/mol. The highest BCUT2D eigenvalue weighted by Gasteiger charge is 2.22. The molecule has 0 N–H and O–H groups in total. The molecule has 36 heavy (non-hydrogen) atoms. The third-order valence-electron chi connectivity index (χ3n) is 6.26. The number of anilines is 1. The van der Waals surface area contributed by atoms with Crippen LogP contribution in [0.1, 0.15) is 63.4 Å². The fraction of sp³-hybridized carbons (Fsp3) is 0.517. The zero-order valence-electron chi connectivity index (χ0n) is 22.3. The van der Waals surface area contributed by atoms with E-state index < -0.39 is 0 Å². The Bertz CT molecular complexity index is 1020. The van der Waals surface area contributed by atoms with Gasteiger partial charge in [-0.2, -0.15) is 0 Å². The number of carbonyl (C=O) groups excluding carboxylic acids is 2. The van der Waals surface area contributed by atoms with Gasteiger partial charge in [-0.05, 0) is 62.1 Å². The van der Waals surface area contributed by atoms with Crippen LogP contribution >= 0.6 is 0 Å². The number of hydrogen-bond donors (Lipinski definition) is 0. The van der Waals surface area contributed by atoms with Gasteiger partial charge >= 0.3 is 11.9 Å². The molecule has 7 heteroatoms. The van der Waals surface area contributed by atoms with E-state index in [0.29, 0.717) is 24.5 Å². The largest absolute Gasteiger partial charge is 0.493 e. The van der Waals surface area contributed by atoms with E-state index in [4.69, 9.17) is 14.2 Å². The van der Waals surface area contributed by atoms with Gasteiger partial charge in [-0.3, -0.25) is 9.69 Å². The molecule has 2 aromatic rings. The lowest BCUT2D eigenvalue weighted by molar-refractivity contribution is -0.131. The Labute approximate surface area is 215 Å². The van der Waals surface area contributed by atoms with Crippen molar-refractivity contribution >= 4 is 17.6 Å². The van der Waals surface area contributed by atoms with Crippen LogP contribution in [0.2, 0.25) is 0 Å². The average Bonchev–Trinajstić information content (AvgIpc) is 2.84. The highest BCUT2D eigenvalue weighted by atomic mass is 16.5. The summed E-state index contributed by atoms with van der Waals surface area (Å²) in [6.45, 7) is 15.3. The fourth-order valence-electron chi connectivity index (χ4n) is 4.41. The second-order valence-corrected chi connectivity index (χ2v) is 10.1. The molecule has 0 aromatic heterocycles. The predicted octanol–water partition coefficient (Wildman–Crippen LogP) is 5.07. The van der Waals surface area contributed by atoms with E-state index in [9.17, 15) is 9.59 Å². The molecule has 2 aromatic carbocycles. The van der Waals surface area contributed by atoms with Crippen molar-refractivity contribution in [2.75, 3.05) is 50.8 Å². The first-order valence-electron chi connectivity index (χ1n) is 12.9. The van der Waals surface area contributed by atoms with Crippen LogP contribution in [-0.4, -0.2) is 62.8 Å². The molecule has 7 nitrogen and oxygen atoms in total. The molecule has 0 atom stereocenters. The number of hydrogen-bond acceptors (Lipinski definition) is 7. The van der Waals surface area contributed by atoms with Crippen molar-refractivity contribution in [2.45, 2.75) is 52.9 Å². The smallest absolute Gasteiger partial charge is 0.340 e. The first kappa shape index (κ1) is 27.5. The van der Waals surface area contributed by atoms with Crippen LogP contribution in [-0.2, 0) is 14.9 Å². The molecule has 0 radical (unpaired) electrons. The van der Waals surface area contributed by atoms with Crippen molar-refractivity contribution < 1.29 is 23.8 Å². The van der Waals surface area contributed by atoms with Gasteiger partial charge in [0, 0.05) is 38.7 Å². The molecule has 3 rings (SSSR count). The van der Waals surface area contributed by atoms with Gasteiger partial charge in [0.15, 0.2) is 0 Å². The standard InChI is InChI=1S/C29H40N2O5/c1-6-34-28(33)24-11-7-8-12-26(24)31-18-16-30(17-19-31)15-9-10-20-35-27-14-13-23(36-22(2)32)21-25(27)29(3,4)5/h7-8,11-14,21H,6,9-10,15-20H2,1-5H3. The summed E-state index contributed by atoms with van der Waals surface area (Å²) in [6, 6.07) is 13.3. The number of rotatable bonds is 10. The molecule has 1 aliphatic heterocycles. The highest BCUT2D eigenvalue weighted by molar-refractivity contribution is 5.95. The molecule has 196 valence electrons. The van der Waals surface area contributed by atoms with Crippen LogP contribution in [0.25, 0.3) is 0 Å². The third kappa shape index (κ3) is 7.72. The summed E-state index contributed by atoms with van der Waals surface area (Å²) in [5.74, 6) is 0.801. The Balaban J connectivity index is 1.45. The van der Waals surface area contributed by atoms with E-state index in [2.05, 4.69) is 30.6 Å². The number of benzene rings is 2. The van der Waals surface area contributed by atoms with E-state index in [-0.39, 0.29) is 17.4 Å². The summed E-state index contributed by atoms with van der Waals surface area (Å²) >= 11 is 0. The SMILES string of the molecule is CCOC(=O)c1ccccc1N1CCN(CCCCOc2ccc(OC(C)=O)cc2C(C)(C)C)CC1. The van der Waals surface area contributed by atoms with E-state index in [0.717, 1.165) is 62.6 Å². The molecule has 1 fully saturated rings.